The van der Waals surface area contributed by atoms with Gasteiger partial charge in [0.1, 0.15) is 0 Å². The zero-order chi connectivity index (χ0) is 18.0. The van der Waals surface area contributed by atoms with Gasteiger partial charge in [-0.1, -0.05) is 26.0 Å². The van der Waals surface area contributed by atoms with Crippen molar-refractivity contribution in [3.63, 3.8) is 0 Å². The first-order valence-electron chi connectivity index (χ1n) is 8.97. The molecule has 2 N–H and O–H groups in total. The Labute approximate surface area is 147 Å². The van der Waals surface area contributed by atoms with E-state index in [0.29, 0.717) is 5.41 Å². The van der Waals surface area contributed by atoms with E-state index < -0.39 is 0 Å². The van der Waals surface area contributed by atoms with Gasteiger partial charge < -0.3 is 10.5 Å². The van der Waals surface area contributed by atoms with E-state index in [-0.39, 0.29) is 5.54 Å². The molecule has 0 amide bonds. The summed E-state index contributed by atoms with van der Waals surface area (Å²) in [4.78, 5) is 2.34. The SMILES string of the molecule is COCCN(C)C(C)(C)c1ccc(N)c(C2=CCC(C)(C)CC2)c1. The summed E-state index contributed by atoms with van der Waals surface area (Å²) >= 11 is 0. The summed E-state index contributed by atoms with van der Waals surface area (Å²) < 4.78 is 5.23. The van der Waals surface area contributed by atoms with E-state index in [1.54, 1.807) is 7.11 Å². The predicted octanol–water partition coefficient (Wildman–Crippen LogP) is 4.68. The lowest BCUT2D eigenvalue weighted by Crippen LogP contribution is -2.40. The number of hydrogen-bond acceptors (Lipinski definition) is 3. The lowest BCUT2D eigenvalue weighted by Gasteiger charge is -2.37. The van der Waals surface area contributed by atoms with Crippen molar-refractivity contribution in [3.05, 3.63) is 35.4 Å². The highest BCUT2D eigenvalue weighted by Crippen LogP contribution is 2.40. The van der Waals surface area contributed by atoms with Gasteiger partial charge in [-0.25, -0.2) is 0 Å². The molecular weight excluding hydrogens is 296 g/mol. The fourth-order valence-corrected chi connectivity index (χ4v) is 3.26. The third-order valence-electron chi connectivity index (χ3n) is 5.66. The summed E-state index contributed by atoms with van der Waals surface area (Å²) in [6.07, 6.45) is 5.85. The van der Waals surface area contributed by atoms with Gasteiger partial charge in [-0.2, -0.15) is 0 Å². The van der Waals surface area contributed by atoms with Crippen LogP contribution in [0.2, 0.25) is 0 Å². The van der Waals surface area contributed by atoms with E-state index in [1.165, 1.54) is 23.1 Å². The third-order valence-corrected chi connectivity index (χ3v) is 5.66. The highest BCUT2D eigenvalue weighted by atomic mass is 16.5. The summed E-state index contributed by atoms with van der Waals surface area (Å²) in [5.41, 5.74) is 11.5. The molecule has 0 aliphatic heterocycles. The van der Waals surface area contributed by atoms with Gasteiger partial charge in [-0.3, -0.25) is 4.90 Å². The molecule has 0 spiro atoms. The first-order chi connectivity index (χ1) is 11.2. The Kier molecular flexibility index (Phi) is 5.77. The first kappa shape index (κ1) is 19.0. The molecule has 0 bridgehead atoms. The number of hydrogen-bond donors (Lipinski definition) is 1. The molecule has 2 rings (SSSR count). The summed E-state index contributed by atoms with van der Waals surface area (Å²) in [6, 6.07) is 6.52. The average molecular weight is 331 g/mol. The predicted molar refractivity (Wildman–Crippen MR) is 104 cm³/mol. The maximum Gasteiger partial charge on any atom is 0.0589 e. The highest BCUT2D eigenvalue weighted by Gasteiger charge is 2.27. The molecule has 0 saturated heterocycles. The zero-order valence-corrected chi connectivity index (χ0v) is 16.3. The van der Waals surface area contributed by atoms with Gasteiger partial charge in [-0.05, 0) is 68.8 Å². The minimum Gasteiger partial charge on any atom is -0.398 e. The minimum atomic E-state index is -0.0600. The molecule has 0 unspecified atom stereocenters. The molecule has 0 saturated carbocycles. The maximum absolute atomic E-state index is 6.31. The van der Waals surface area contributed by atoms with Crippen molar-refractivity contribution in [1.82, 2.24) is 4.90 Å². The zero-order valence-electron chi connectivity index (χ0n) is 16.3. The van der Waals surface area contributed by atoms with E-state index in [4.69, 9.17) is 10.5 Å². The van der Waals surface area contributed by atoms with E-state index in [0.717, 1.165) is 31.7 Å². The monoisotopic (exact) mass is 330 g/mol. The molecular formula is C21H34N2O. The van der Waals surface area contributed by atoms with Crippen LogP contribution in [0.3, 0.4) is 0 Å². The van der Waals surface area contributed by atoms with Gasteiger partial charge in [0.25, 0.3) is 0 Å². The summed E-state index contributed by atoms with van der Waals surface area (Å²) in [5.74, 6) is 0. The van der Waals surface area contributed by atoms with Crippen LogP contribution in [0.5, 0.6) is 0 Å². The fourth-order valence-electron chi connectivity index (χ4n) is 3.26. The standard InChI is InChI=1S/C21H34N2O/c1-20(2)11-9-16(10-12-20)18-15-17(7-8-19(18)22)21(3,4)23(5)13-14-24-6/h7-9,15H,10-14,22H2,1-6H3. The molecule has 0 radical (unpaired) electrons. The smallest absolute Gasteiger partial charge is 0.0589 e. The number of nitrogen functional groups attached to an aromatic ring is 1. The van der Waals surface area contributed by atoms with E-state index >= 15 is 0 Å². The third kappa shape index (κ3) is 4.20. The van der Waals surface area contributed by atoms with Crippen LogP contribution < -0.4 is 5.73 Å². The van der Waals surface area contributed by atoms with Gasteiger partial charge in [0.2, 0.25) is 0 Å². The van der Waals surface area contributed by atoms with E-state index in [9.17, 15) is 0 Å². The number of ether oxygens (including phenoxy) is 1. The second kappa shape index (κ2) is 7.28. The Morgan fingerprint density at radius 3 is 2.58 bits per heavy atom. The lowest BCUT2D eigenvalue weighted by molar-refractivity contribution is 0.0996. The van der Waals surface area contributed by atoms with Crippen LogP contribution in [0.25, 0.3) is 5.57 Å². The number of rotatable bonds is 6. The van der Waals surface area contributed by atoms with Crippen LogP contribution in [-0.4, -0.2) is 32.2 Å². The molecule has 0 atom stereocenters. The van der Waals surface area contributed by atoms with Crippen molar-refractivity contribution in [2.24, 2.45) is 5.41 Å². The van der Waals surface area contributed by atoms with E-state index in [1.807, 2.05) is 0 Å². The highest BCUT2D eigenvalue weighted by molar-refractivity contribution is 5.76. The number of likely N-dealkylation sites (N-methyl/N-ethyl adjacent to an activating group) is 1. The molecule has 1 aliphatic carbocycles. The molecule has 0 fully saturated rings. The van der Waals surface area contributed by atoms with Crippen molar-refractivity contribution >= 4 is 11.3 Å². The Morgan fingerprint density at radius 2 is 2.00 bits per heavy atom. The van der Waals surface area contributed by atoms with E-state index in [2.05, 4.69) is 63.9 Å². The Bertz CT molecular complexity index is 602. The van der Waals surface area contributed by atoms with Crippen LogP contribution in [0.15, 0.2) is 24.3 Å². The number of methoxy groups -OCH3 is 1. The molecule has 0 heterocycles. The summed E-state index contributed by atoms with van der Waals surface area (Å²) in [5, 5.41) is 0. The number of benzene rings is 1. The second-order valence-corrected chi connectivity index (χ2v) is 8.37. The number of allylic oxidation sites excluding steroid dienone is 2. The van der Waals surface area contributed by atoms with Crippen LogP contribution in [-0.2, 0) is 10.3 Å². The van der Waals surface area contributed by atoms with Crippen LogP contribution in [0.4, 0.5) is 5.69 Å². The number of nitrogens with two attached hydrogens (primary N) is 1. The fraction of sp³-hybridized carbons (Fsp3) is 0.619. The average Bonchev–Trinajstić information content (AvgIpc) is 2.53. The molecule has 1 aromatic carbocycles. The van der Waals surface area contributed by atoms with Crippen molar-refractivity contribution < 1.29 is 4.74 Å². The molecule has 1 aromatic rings. The van der Waals surface area contributed by atoms with Crippen LogP contribution in [0, 0.1) is 5.41 Å². The molecule has 24 heavy (non-hydrogen) atoms. The van der Waals surface area contributed by atoms with Crippen LogP contribution >= 0.6 is 0 Å². The summed E-state index contributed by atoms with van der Waals surface area (Å²) in [6.45, 7) is 10.8. The molecule has 0 aromatic heterocycles. The Balaban J connectivity index is 2.30. The van der Waals surface area contributed by atoms with Crippen molar-refractivity contribution in [1.29, 1.82) is 0 Å². The van der Waals surface area contributed by atoms with Gasteiger partial charge in [0.15, 0.2) is 0 Å². The maximum atomic E-state index is 6.31. The van der Waals surface area contributed by atoms with Crippen molar-refractivity contribution in [2.45, 2.75) is 52.5 Å². The normalized spacial score (nSPS) is 17.9. The molecule has 3 heteroatoms. The largest absolute Gasteiger partial charge is 0.398 e. The van der Waals surface area contributed by atoms with Gasteiger partial charge in [0.05, 0.1) is 6.61 Å². The van der Waals surface area contributed by atoms with Crippen molar-refractivity contribution in [3.8, 4) is 0 Å². The number of nitrogens with zero attached hydrogens (tertiary/aromatic N) is 1. The minimum absolute atomic E-state index is 0.0600. The van der Waals surface area contributed by atoms with Crippen LogP contribution in [0.1, 0.15) is 58.1 Å². The molecule has 1 aliphatic rings. The summed E-state index contributed by atoms with van der Waals surface area (Å²) in [7, 11) is 3.90. The Morgan fingerprint density at radius 1 is 1.29 bits per heavy atom. The van der Waals surface area contributed by atoms with Gasteiger partial charge >= 0.3 is 0 Å². The topological polar surface area (TPSA) is 38.5 Å². The number of anilines is 1. The lowest BCUT2D eigenvalue weighted by atomic mass is 9.76. The quantitative estimate of drug-likeness (QED) is 0.770. The Hall–Kier alpha value is -1.32. The molecule has 134 valence electrons. The first-order valence-corrected chi connectivity index (χ1v) is 8.97. The van der Waals surface area contributed by atoms with Gasteiger partial charge in [0, 0.05) is 30.4 Å². The molecule has 3 nitrogen and oxygen atoms in total. The van der Waals surface area contributed by atoms with Gasteiger partial charge in [-0.15, -0.1) is 0 Å². The second-order valence-electron chi connectivity index (χ2n) is 8.37. The van der Waals surface area contributed by atoms with Crippen molar-refractivity contribution in [2.75, 3.05) is 33.0 Å².